The predicted molar refractivity (Wildman–Crippen MR) is 80.8 cm³/mol. The van der Waals surface area contributed by atoms with E-state index in [1.807, 2.05) is 0 Å². The van der Waals surface area contributed by atoms with Crippen LogP contribution in [0.5, 0.6) is 5.75 Å². The van der Waals surface area contributed by atoms with E-state index >= 15 is 0 Å². The summed E-state index contributed by atoms with van der Waals surface area (Å²) in [4.78, 5) is 24.3. The molecule has 1 N–H and O–H groups in total. The van der Waals surface area contributed by atoms with Crippen LogP contribution in [0, 0.1) is 0 Å². The summed E-state index contributed by atoms with van der Waals surface area (Å²) in [6, 6.07) is 8.27. The normalized spacial score (nSPS) is 13.6. The molecule has 0 aliphatic heterocycles. The Kier molecular flexibility index (Phi) is 4.01. The molecule has 0 saturated heterocycles. The van der Waals surface area contributed by atoms with Crippen LogP contribution >= 0.6 is 0 Å². The van der Waals surface area contributed by atoms with Crippen LogP contribution in [0.1, 0.15) is 35.0 Å². The average Bonchev–Trinajstić information content (AvgIpc) is 3.29. The van der Waals surface area contributed by atoms with Crippen molar-refractivity contribution in [2.24, 2.45) is 0 Å². The van der Waals surface area contributed by atoms with Crippen molar-refractivity contribution in [2.45, 2.75) is 18.8 Å². The van der Waals surface area contributed by atoms with Crippen LogP contribution in [0.3, 0.4) is 0 Å². The number of aliphatic carboxylic acids is 1. The van der Waals surface area contributed by atoms with Crippen molar-refractivity contribution in [1.29, 1.82) is 0 Å². The molecule has 0 radical (unpaired) electrons. The Morgan fingerprint density at radius 2 is 2.04 bits per heavy atom. The van der Waals surface area contributed by atoms with Gasteiger partial charge in [-0.15, -0.1) is 0 Å². The fourth-order valence-corrected chi connectivity index (χ4v) is 2.15. The van der Waals surface area contributed by atoms with Gasteiger partial charge >= 0.3 is 5.97 Å². The lowest BCUT2D eigenvalue weighted by Crippen LogP contribution is -2.26. The quantitative estimate of drug-likeness (QED) is 0.879. The van der Waals surface area contributed by atoms with Gasteiger partial charge in [0.05, 0.1) is 0 Å². The molecule has 1 aliphatic rings. The first-order chi connectivity index (χ1) is 11.0. The Labute approximate surface area is 132 Å². The Morgan fingerprint density at radius 1 is 1.35 bits per heavy atom. The lowest BCUT2D eigenvalue weighted by atomic mass is 10.2. The van der Waals surface area contributed by atoms with Gasteiger partial charge in [-0.05, 0) is 37.1 Å². The second-order valence-corrected chi connectivity index (χ2v) is 5.43. The van der Waals surface area contributed by atoms with Crippen molar-refractivity contribution >= 4 is 17.6 Å². The summed E-state index contributed by atoms with van der Waals surface area (Å²) >= 11 is 0. The van der Waals surface area contributed by atoms with Gasteiger partial charge in [0.25, 0.3) is 5.91 Å². The third-order valence-electron chi connectivity index (χ3n) is 3.62. The van der Waals surface area contributed by atoms with Crippen LogP contribution in [-0.4, -0.2) is 35.8 Å². The van der Waals surface area contributed by atoms with Gasteiger partial charge in [0, 0.05) is 24.7 Å². The topological polar surface area (TPSA) is 92.9 Å². The van der Waals surface area contributed by atoms with Crippen LogP contribution in [0.4, 0.5) is 5.69 Å². The molecule has 1 heterocycles. The maximum atomic E-state index is 12.4. The van der Waals surface area contributed by atoms with Crippen LogP contribution < -0.4 is 9.64 Å². The van der Waals surface area contributed by atoms with Crippen molar-refractivity contribution in [3.8, 4) is 5.75 Å². The van der Waals surface area contributed by atoms with Crippen LogP contribution in [0.25, 0.3) is 0 Å². The van der Waals surface area contributed by atoms with Gasteiger partial charge in [-0.3, -0.25) is 4.79 Å². The van der Waals surface area contributed by atoms with E-state index in [9.17, 15) is 9.59 Å². The molecule has 120 valence electrons. The molecule has 1 saturated carbocycles. The van der Waals surface area contributed by atoms with E-state index in [2.05, 4.69) is 5.16 Å². The van der Waals surface area contributed by atoms with Gasteiger partial charge in [0.15, 0.2) is 12.3 Å². The third-order valence-corrected chi connectivity index (χ3v) is 3.62. The van der Waals surface area contributed by atoms with Gasteiger partial charge in [-0.1, -0.05) is 5.16 Å². The van der Waals surface area contributed by atoms with Gasteiger partial charge in [0.1, 0.15) is 11.5 Å². The lowest BCUT2D eigenvalue weighted by molar-refractivity contribution is -0.139. The van der Waals surface area contributed by atoms with Crippen molar-refractivity contribution < 1.29 is 24.0 Å². The summed E-state index contributed by atoms with van der Waals surface area (Å²) < 4.78 is 10.2. The number of carboxylic acid groups (broad SMARTS) is 1. The molecule has 3 rings (SSSR count). The molecule has 23 heavy (non-hydrogen) atoms. The number of anilines is 1. The summed E-state index contributed by atoms with van der Waals surface area (Å²) in [6.07, 6.45) is 2.16. The zero-order valence-electron chi connectivity index (χ0n) is 12.6. The van der Waals surface area contributed by atoms with Gasteiger partial charge in [-0.2, -0.15) is 0 Å². The standard InChI is InChI=1S/C16H16N2O5/c1-18(11-4-6-12(7-5-11)22-9-15(19)20)16(21)13-8-14(23-17-13)10-2-3-10/h4-8,10H,2-3,9H2,1H3,(H,19,20). The summed E-state index contributed by atoms with van der Waals surface area (Å²) in [6.45, 7) is -0.406. The SMILES string of the molecule is CN(C(=O)c1cc(C2CC2)on1)c1ccc(OCC(=O)O)cc1. The number of hydrogen-bond donors (Lipinski definition) is 1. The van der Waals surface area contributed by atoms with E-state index in [4.69, 9.17) is 14.4 Å². The first kappa shape index (κ1) is 15.1. The summed E-state index contributed by atoms with van der Waals surface area (Å²) in [5.74, 6) is 0.285. The Morgan fingerprint density at radius 3 is 2.65 bits per heavy atom. The summed E-state index contributed by atoms with van der Waals surface area (Å²) in [5.41, 5.74) is 0.925. The number of rotatable bonds is 6. The largest absolute Gasteiger partial charge is 0.482 e. The van der Waals surface area contributed by atoms with Crippen molar-refractivity contribution in [1.82, 2.24) is 5.16 Å². The van der Waals surface area contributed by atoms with E-state index in [1.165, 1.54) is 4.90 Å². The molecular weight excluding hydrogens is 300 g/mol. The fourth-order valence-electron chi connectivity index (χ4n) is 2.15. The molecule has 7 heteroatoms. The van der Waals surface area contributed by atoms with Gasteiger partial charge in [-0.25, -0.2) is 4.79 Å². The highest BCUT2D eigenvalue weighted by atomic mass is 16.5. The Bertz CT molecular complexity index is 718. The van der Waals surface area contributed by atoms with Crippen LogP contribution in [0.15, 0.2) is 34.9 Å². The van der Waals surface area contributed by atoms with E-state index in [1.54, 1.807) is 37.4 Å². The van der Waals surface area contributed by atoms with Crippen LogP contribution in [0.2, 0.25) is 0 Å². The van der Waals surface area contributed by atoms with Crippen molar-refractivity contribution in [3.63, 3.8) is 0 Å². The smallest absolute Gasteiger partial charge is 0.341 e. The Balaban J connectivity index is 1.67. The zero-order chi connectivity index (χ0) is 16.4. The van der Waals surface area contributed by atoms with E-state index in [0.29, 0.717) is 17.4 Å². The Hall–Kier alpha value is -2.83. The average molecular weight is 316 g/mol. The second kappa shape index (κ2) is 6.12. The fraction of sp³-hybridized carbons (Fsp3) is 0.312. The number of hydrogen-bond acceptors (Lipinski definition) is 5. The first-order valence-corrected chi connectivity index (χ1v) is 7.24. The molecule has 1 fully saturated rings. The number of aromatic nitrogens is 1. The van der Waals surface area contributed by atoms with E-state index in [-0.39, 0.29) is 11.6 Å². The van der Waals surface area contributed by atoms with Gasteiger partial charge in [0.2, 0.25) is 0 Å². The molecule has 1 aromatic heterocycles. The maximum absolute atomic E-state index is 12.4. The lowest BCUT2D eigenvalue weighted by Gasteiger charge is -2.16. The summed E-state index contributed by atoms with van der Waals surface area (Å²) in [5, 5.41) is 12.4. The highest BCUT2D eigenvalue weighted by molar-refractivity contribution is 6.04. The van der Waals surface area contributed by atoms with Crippen LogP contribution in [-0.2, 0) is 4.79 Å². The predicted octanol–water partition coefficient (Wildman–Crippen LogP) is 2.29. The number of benzene rings is 1. The van der Waals surface area contributed by atoms with E-state index < -0.39 is 12.6 Å². The molecule has 0 bridgehead atoms. The maximum Gasteiger partial charge on any atom is 0.341 e. The molecule has 0 atom stereocenters. The molecule has 1 aliphatic carbocycles. The van der Waals surface area contributed by atoms with E-state index in [0.717, 1.165) is 18.6 Å². The third kappa shape index (κ3) is 3.50. The highest BCUT2D eigenvalue weighted by Crippen LogP contribution is 2.40. The molecule has 1 amide bonds. The molecule has 0 unspecified atom stereocenters. The van der Waals surface area contributed by atoms with Crippen molar-refractivity contribution in [2.75, 3.05) is 18.6 Å². The minimum Gasteiger partial charge on any atom is -0.482 e. The molecule has 0 spiro atoms. The zero-order valence-corrected chi connectivity index (χ0v) is 12.6. The molecular formula is C16H16N2O5. The minimum absolute atomic E-state index is 0.264. The number of carbonyl (C=O) groups excluding carboxylic acids is 1. The molecule has 7 nitrogen and oxygen atoms in total. The molecule has 1 aromatic carbocycles. The van der Waals surface area contributed by atoms with Gasteiger partial charge < -0.3 is 19.3 Å². The summed E-state index contributed by atoms with van der Waals surface area (Å²) in [7, 11) is 1.64. The minimum atomic E-state index is -1.04. The van der Waals surface area contributed by atoms with Crippen molar-refractivity contribution in [3.05, 3.63) is 41.8 Å². The monoisotopic (exact) mass is 316 g/mol. The highest BCUT2D eigenvalue weighted by Gasteiger charge is 2.29. The molecule has 2 aromatic rings. The number of ether oxygens (including phenoxy) is 1. The number of carboxylic acids is 1. The number of carbonyl (C=O) groups is 2. The number of amides is 1. The first-order valence-electron chi connectivity index (χ1n) is 7.24. The number of nitrogens with zero attached hydrogens (tertiary/aromatic N) is 2. The second-order valence-electron chi connectivity index (χ2n) is 5.43.